The number of nitrogens with zero attached hydrogens (tertiary/aromatic N) is 3. The first-order valence-corrected chi connectivity index (χ1v) is 12.0. The number of hydrazone groups is 1. The van der Waals surface area contributed by atoms with E-state index in [1.54, 1.807) is 17.1 Å². The van der Waals surface area contributed by atoms with Crippen molar-refractivity contribution in [2.75, 3.05) is 16.6 Å². The number of phenolic OH excluding ortho intramolecular Hbond substituents is 1. The lowest BCUT2D eigenvalue weighted by Gasteiger charge is -2.28. The Morgan fingerprint density at radius 3 is 2.53 bits per heavy atom. The van der Waals surface area contributed by atoms with Crippen molar-refractivity contribution in [3.63, 3.8) is 0 Å². The van der Waals surface area contributed by atoms with E-state index in [-0.39, 0.29) is 23.6 Å². The zero-order valence-corrected chi connectivity index (χ0v) is 20.1. The Morgan fingerprint density at radius 2 is 1.79 bits per heavy atom. The van der Waals surface area contributed by atoms with Gasteiger partial charge in [0.1, 0.15) is 17.1 Å². The van der Waals surface area contributed by atoms with E-state index in [1.807, 2.05) is 54.4 Å². The summed E-state index contributed by atoms with van der Waals surface area (Å²) in [5, 5.41) is 20.1. The SMILES string of the molecule is CCC1C(C(=O)NN2CCc3ccccc32)=NN(c2ccc(Cl)cc2O)C1c1ccc(Cl)cc1. The average molecular weight is 495 g/mol. The molecule has 0 bridgehead atoms. The van der Waals surface area contributed by atoms with Gasteiger partial charge in [-0.15, -0.1) is 0 Å². The van der Waals surface area contributed by atoms with Gasteiger partial charge in [-0.05, 0) is 54.3 Å². The van der Waals surface area contributed by atoms with Gasteiger partial charge < -0.3 is 5.11 Å². The van der Waals surface area contributed by atoms with Crippen LogP contribution in [-0.2, 0) is 11.2 Å². The number of benzene rings is 3. The second-order valence-electron chi connectivity index (χ2n) is 8.45. The Kier molecular flexibility index (Phi) is 6.11. The highest BCUT2D eigenvalue weighted by atomic mass is 35.5. The fourth-order valence-electron chi connectivity index (χ4n) is 4.76. The Labute approximate surface area is 208 Å². The molecule has 6 nitrogen and oxygen atoms in total. The zero-order chi connectivity index (χ0) is 23.8. The van der Waals surface area contributed by atoms with E-state index < -0.39 is 0 Å². The number of aromatic hydroxyl groups is 1. The molecular formula is C26H24Cl2N4O2. The van der Waals surface area contributed by atoms with E-state index in [0.29, 0.717) is 34.4 Å². The molecule has 5 rings (SSSR count). The van der Waals surface area contributed by atoms with Gasteiger partial charge in [0, 0.05) is 28.6 Å². The maximum atomic E-state index is 13.5. The minimum atomic E-state index is -0.291. The minimum absolute atomic E-state index is 0.000181. The molecule has 0 radical (unpaired) electrons. The van der Waals surface area contributed by atoms with Gasteiger partial charge in [0.15, 0.2) is 0 Å². The lowest BCUT2D eigenvalue weighted by molar-refractivity contribution is -0.115. The normalized spacial score (nSPS) is 19.2. The monoisotopic (exact) mass is 494 g/mol. The molecule has 3 aromatic rings. The molecule has 0 fully saturated rings. The first kappa shape index (κ1) is 22.6. The van der Waals surface area contributed by atoms with Gasteiger partial charge in [-0.1, -0.05) is 60.5 Å². The number of carbonyl (C=O) groups excluding carboxylic acids is 1. The number of rotatable bonds is 5. The molecule has 0 saturated carbocycles. The second-order valence-corrected chi connectivity index (χ2v) is 9.32. The number of amides is 1. The van der Waals surface area contributed by atoms with Crippen LogP contribution in [0.4, 0.5) is 11.4 Å². The predicted octanol–water partition coefficient (Wildman–Crippen LogP) is 5.74. The standard InChI is InChI=1S/C26H24Cl2N4O2/c1-2-20-24(26(34)30-31-14-13-16-5-3-4-6-21(16)31)29-32(22-12-11-19(28)15-23(22)33)25(20)17-7-9-18(27)10-8-17/h3-12,15,20,25,33H,2,13-14H2,1H3,(H,30,34). The van der Waals surface area contributed by atoms with E-state index in [0.717, 1.165) is 17.7 Å². The number of hydrogen-bond donors (Lipinski definition) is 2. The van der Waals surface area contributed by atoms with E-state index in [1.165, 1.54) is 11.6 Å². The molecule has 0 saturated heterocycles. The molecule has 174 valence electrons. The van der Waals surface area contributed by atoms with Crippen molar-refractivity contribution in [2.24, 2.45) is 11.0 Å². The lowest BCUT2D eigenvalue weighted by atomic mass is 9.87. The highest BCUT2D eigenvalue weighted by molar-refractivity contribution is 6.41. The van der Waals surface area contributed by atoms with Crippen molar-refractivity contribution in [3.8, 4) is 5.75 Å². The van der Waals surface area contributed by atoms with Crippen molar-refractivity contribution < 1.29 is 9.90 Å². The summed E-state index contributed by atoms with van der Waals surface area (Å²) in [4.78, 5) is 13.5. The number of phenols is 1. The van der Waals surface area contributed by atoms with Crippen LogP contribution in [0.2, 0.25) is 10.0 Å². The van der Waals surface area contributed by atoms with Gasteiger partial charge in [0.2, 0.25) is 0 Å². The van der Waals surface area contributed by atoms with Crippen LogP contribution >= 0.6 is 23.2 Å². The fourth-order valence-corrected chi connectivity index (χ4v) is 5.06. The number of anilines is 2. The molecule has 2 N–H and O–H groups in total. The molecule has 8 heteroatoms. The maximum Gasteiger partial charge on any atom is 0.286 e. The number of hydrogen-bond acceptors (Lipinski definition) is 5. The smallest absolute Gasteiger partial charge is 0.286 e. The largest absolute Gasteiger partial charge is 0.506 e. The highest BCUT2D eigenvalue weighted by Gasteiger charge is 2.42. The quantitative estimate of drug-likeness (QED) is 0.474. The summed E-state index contributed by atoms with van der Waals surface area (Å²) < 4.78 is 0. The molecule has 2 aliphatic heterocycles. The Hall–Kier alpha value is -3.22. The van der Waals surface area contributed by atoms with E-state index in [2.05, 4.69) is 11.5 Å². The second kappa shape index (κ2) is 9.20. The van der Waals surface area contributed by atoms with Crippen LogP contribution in [0, 0.1) is 5.92 Å². The molecule has 2 heterocycles. The van der Waals surface area contributed by atoms with Crippen molar-refractivity contribution in [3.05, 3.63) is 87.9 Å². The summed E-state index contributed by atoms with van der Waals surface area (Å²) in [6.07, 6.45) is 1.55. The number of para-hydroxylation sites is 1. The van der Waals surface area contributed by atoms with E-state index in [9.17, 15) is 9.90 Å². The summed E-state index contributed by atoms with van der Waals surface area (Å²) in [6, 6.07) is 20.2. The molecule has 2 unspecified atom stereocenters. The average Bonchev–Trinajstić information content (AvgIpc) is 3.41. The number of nitrogens with one attached hydrogen (secondary N) is 1. The van der Waals surface area contributed by atoms with Crippen LogP contribution in [0.3, 0.4) is 0 Å². The minimum Gasteiger partial charge on any atom is -0.506 e. The summed E-state index contributed by atoms with van der Waals surface area (Å²) in [7, 11) is 0. The topological polar surface area (TPSA) is 68.2 Å². The number of carbonyl (C=O) groups is 1. The van der Waals surface area contributed by atoms with Gasteiger partial charge in [0.05, 0.1) is 11.7 Å². The predicted molar refractivity (Wildman–Crippen MR) is 137 cm³/mol. The van der Waals surface area contributed by atoms with Gasteiger partial charge in [0.25, 0.3) is 5.91 Å². The van der Waals surface area contributed by atoms with Crippen molar-refractivity contribution >= 4 is 46.2 Å². The van der Waals surface area contributed by atoms with Crippen LogP contribution in [0.5, 0.6) is 5.75 Å². The molecular weight excluding hydrogens is 471 g/mol. The van der Waals surface area contributed by atoms with Crippen LogP contribution in [0.25, 0.3) is 0 Å². The molecule has 0 aromatic heterocycles. The van der Waals surface area contributed by atoms with Crippen LogP contribution in [0.1, 0.15) is 30.5 Å². The molecule has 2 atom stereocenters. The van der Waals surface area contributed by atoms with Gasteiger partial charge in [-0.2, -0.15) is 5.10 Å². The third-order valence-corrected chi connectivity index (χ3v) is 6.89. The fraction of sp³-hybridized carbons (Fsp3) is 0.231. The van der Waals surface area contributed by atoms with Crippen LogP contribution in [-0.4, -0.2) is 23.3 Å². The number of halogens is 2. The first-order chi connectivity index (χ1) is 16.5. The summed E-state index contributed by atoms with van der Waals surface area (Å²) in [5.74, 6) is -0.451. The Balaban J connectivity index is 1.52. The highest BCUT2D eigenvalue weighted by Crippen LogP contribution is 2.44. The lowest BCUT2D eigenvalue weighted by Crippen LogP contribution is -2.46. The Morgan fingerprint density at radius 1 is 1.06 bits per heavy atom. The van der Waals surface area contributed by atoms with Crippen LogP contribution in [0.15, 0.2) is 71.8 Å². The van der Waals surface area contributed by atoms with E-state index >= 15 is 0 Å². The molecule has 1 amide bonds. The molecule has 3 aromatic carbocycles. The molecule has 2 aliphatic rings. The summed E-state index contributed by atoms with van der Waals surface area (Å²) in [6.45, 7) is 2.74. The third-order valence-electron chi connectivity index (χ3n) is 6.40. The van der Waals surface area contributed by atoms with Crippen LogP contribution < -0.4 is 15.4 Å². The summed E-state index contributed by atoms with van der Waals surface area (Å²) in [5.41, 5.74) is 7.11. The zero-order valence-electron chi connectivity index (χ0n) is 18.6. The first-order valence-electron chi connectivity index (χ1n) is 11.2. The Bertz CT molecular complexity index is 1260. The van der Waals surface area contributed by atoms with Crippen molar-refractivity contribution in [1.82, 2.24) is 5.43 Å². The summed E-state index contributed by atoms with van der Waals surface area (Å²) >= 11 is 12.2. The number of hydrazine groups is 1. The molecule has 34 heavy (non-hydrogen) atoms. The molecule has 0 aliphatic carbocycles. The van der Waals surface area contributed by atoms with Gasteiger partial charge in [-0.3, -0.25) is 20.2 Å². The third kappa shape index (κ3) is 4.08. The molecule has 0 spiro atoms. The maximum absolute atomic E-state index is 13.5. The van der Waals surface area contributed by atoms with Crippen molar-refractivity contribution in [2.45, 2.75) is 25.8 Å². The van der Waals surface area contributed by atoms with Gasteiger partial charge in [-0.25, -0.2) is 0 Å². The van der Waals surface area contributed by atoms with Gasteiger partial charge >= 0.3 is 0 Å². The van der Waals surface area contributed by atoms with Crippen molar-refractivity contribution in [1.29, 1.82) is 0 Å². The number of fused-ring (bicyclic) bond motifs is 1. The van der Waals surface area contributed by atoms with E-state index in [4.69, 9.17) is 28.3 Å².